The van der Waals surface area contributed by atoms with Crippen LogP contribution >= 0.6 is 0 Å². The second-order valence-corrected chi connectivity index (χ2v) is 19.6. The van der Waals surface area contributed by atoms with Gasteiger partial charge in [-0.3, -0.25) is 9.59 Å². The van der Waals surface area contributed by atoms with Crippen molar-refractivity contribution in [3.05, 3.63) is 24.3 Å². The maximum atomic E-state index is 12.4. The summed E-state index contributed by atoms with van der Waals surface area (Å²) in [5.74, 6) is -0.0375. The van der Waals surface area contributed by atoms with Crippen LogP contribution in [0, 0.1) is 0 Å². The molecule has 0 radical (unpaired) electrons. The third-order valence-corrected chi connectivity index (χ3v) is 13.3. The highest BCUT2D eigenvalue weighted by atomic mass is 16.5. The summed E-state index contributed by atoms with van der Waals surface area (Å²) in [5, 5.41) is 23.1. The number of amides is 1. The molecule has 0 spiro atoms. The average Bonchev–Trinajstić information content (AvgIpc) is 3.29. The maximum absolute atomic E-state index is 12.4. The van der Waals surface area contributed by atoms with Gasteiger partial charge in [-0.2, -0.15) is 0 Å². The second-order valence-electron chi connectivity index (χ2n) is 19.6. The molecule has 0 bridgehead atoms. The Balaban J connectivity index is 3.42. The molecule has 0 saturated carbocycles. The highest BCUT2D eigenvalue weighted by Gasteiger charge is 2.20. The van der Waals surface area contributed by atoms with Gasteiger partial charge >= 0.3 is 5.97 Å². The largest absolute Gasteiger partial charge is 0.466 e. The summed E-state index contributed by atoms with van der Waals surface area (Å²) in [4.78, 5) is 24.4. The number of aliphatic hydroxyl groups excluding tert-OH is 2. The lowest BCUT2D eigenvalue weighted by Crippen LogP contribution is -2.45. The van der Waals surface area contributed by atoms with Gasteiger partial charge in [0.15, 0.2) is 0 Å². The van der Waals surface area contributed by atoms with E-state index in [-0.39, 0.29) is 18.5 Å². The Bertz CT molecular complexity index is 997. The van der Waals surface area contributed by atoms with Crippen LogP contribution in [0.2, 0.25) is 0 Å². The predicted molar refractivity (Wildman–Crippen MR) is 278 cm³/mol. The number of carbonyl (C=O) groups is 2. The van der Waals surface area contributed by atoms with Crippen LogP contribution in [0.25, 0.3) is 0 Å². The van der Waals surface area contributed by atoms with Crippen molar-refractivity contribution in [3.8, 4) is 0 Å². The number of nitrogens with one attached hydrogen (secondary N) is 1. The lowest BCUT2D eigenvalue weighted by molar-refractivity contribution is -0.143. The molecule has 0 aliphatic heterocycles. The highest BCUT2D eigenvalue weighted by molar-refractivity contribution is 5.76. The number of unbranched alkanes of at least 4 members (excludes halogenated alkanes) is 38. The maximum Gasteiger partial charge on any atom is 0.305 e. The monoisotopic (exact) mass is 902 g/mol. The van der Waals surface area contributed by atoms with Crippen LogP contribution in [-0.4, -0.2) is 47.4 Å². The van der Waals surface area contributed by atoms with E-state index in [1.807, 2.05) is 0 Å². The summed E-state index contributed by atoms with van der Waals surface area (Å²) >= 11 is 0. The predicted octanol–water partition coefficient (Wildman–Crippen LogP) is 17.5. The van der Waals surface area contributed by atoms with Crippen LogP contribution in [0.15, 0.2) is 24.3 Å². The van der Waals surface area contributed by atoms with E-state index in [1.165, 1.54) is 225 Å². The molecule has 0 aliphatic carbocycles. The van der Waals surface area contributed by atoms with Gasteiger partial charge in [-0.25, -0.2) is 0 Å². The van der Waals surface area contributed by atoms with Gasteiger partial charge in [0.25, 0.3) is 0 Å². The number of hydrogen-bond acceptors (Lipinski definition) is 5. The molecule has 64 heavy (non-hydrogen) atoms. The fourth-order valence-electron chi connectivity index (χ4n) is 8.85. The van der Waals surface area contributed by atoms with Crippen molar-refractivity contribution in [2.45, 2.75) is 321 Å². The van der Waals surface area contributed by atoms with Gasteiger partial charge in [0.2, 0.25) is 5.91 Å². The van der Waals surface area contributed by atoms with E-state index in [0.29, 0.717) is 25.9 Å². The zero-order valence-electron chi connectivity index (χ0n) is 43.0. The summed E-state index contributed by atoms with van der Waals surface area (Å²) < 4.78 is 5.47. The lowest BCUT2D eigenvalue weighted by Gasteiger charge is -2.22. The van der Waals surface area contributed by atoms with Gasteiger partial charge in [-0.05, 0) is 57.8 Å². The summed E-state index contributed by atoms with van der Waals surface area (Å²) in [6.45, 7) is 4.94. The summed E-state index contributed by atoms with van der Waals surface area (Å²) in [6.07, 6.45) is 64.6. The van der Waals surface area contributed by atoms with Gasteiger partial charge < -0.3 is 20.3 Å². The van der Waals surface area contributed by atoms with Gasteiger partial charge in [-0.15, -0.1) is 0 Å². The van der Waals surface area contributed by atoms with E-state index in [9.17, 15) is 19.8 Å². The Labute approximate surface area is 399 Å². The SMILES string of the molecule is CCCCCCCCCCCCCCCCC(=O)OCCCCCCCCCCC/C=C\C/C=C\CCCCCCCCCC(=O)NC(CO)C(O)CCCCCCCCCCCC. The Kier molecular flexibility index (Phi) is 52.6. The van der Waals surface area contributed by atoms with Crippen LogP contribution in [0.5, 0.6) is 0 Å². The zero-order chi connectivity index (χ0) is 46.5. The van der Waals surface area contributed by atoms with E-state index in [2.05, 4.69) is 43.5 Å². The van der Waals surface area contributed by atoms with E-state index in [1.54, 1.807) is 0 Å². The molecule has 0 heterocycles. The Hall–Kier alpha value is -1.66. The standard InChI is InChI=1S/C58H111NO5/c1-3-5-7-9-11-13-15-16-29-32-36-40-44-48-52-58(63)64-53-49-45-41-37-33-30-27-25-23-21-19-17-18-20-22-24-26-28-31-35-39-43-47-51-57(62)59-55(54-60)56(61)50-46-42-38-34-14-12-10-8-6-4-2/h17,19-20,22,55-56,60-61H,3-16,18,21,23-54H2,1-2H3,(H,59,62)/b19-17-,22-20-. The van der Waals surface area contributed by atoms with Crippen molar-refractivity contribution in [2.24, 2.45) is 0 Å². The Morgan fingerprint density at radius 3 is 1.19 bits per heavy atom. The fraction of sp³-hybridized carbons (Fsp3) is 0.897. The zero-order valence-corrected chi connectivity index (χ0v) is 43.0. The van der Waals surface area contributed by atoms with Crippen LogP contribution in [0.3, 0.4) is 0 Å². The third kappa shape index (κ3) is 49.8. The second kappa shape index (κ2) is 54.0. The molecule has 0 aromatic heterocycles. The first-order valence-electron chi connectivity index (χ1n) is 28.6. The van der Waals surface area contributed by atoms with Crippen LogP contribution in [-0.2, 0) is 14.3 Å². The molecule has 0 rings (SSSR count). The van der Waals surface area contributed by atoms with Crippen LogP contribution < -0.4 is 5.32 Å². The molecule has 3 N–H and O–H groups in total. The first-order chi connectivity index (χ1) is 31.5. The number of aliphatic hydroxyl groups is 2. The van der Waals surface area contributed by atoms with Gasteiger partial charge in [0.05, 0.1) is 25.4 Å². The molecule has 2 unspecified atom stereocenters. The van der Waals surface area contributed by atoms with Crippen molar-refractivity contribution in [1.29, 1.82) is 0 Å². The van der Waals surface area contributed by atoms with Crippen molar-refractivity contribution in [2.75, 3.05) is 13.2 Å². The number of allylic oxidation sites excluding steroid dienone is 4. The topological polar surface area (TPSA) is 95.9 Å². The van der Waals surface area contributed by atoms with E-state index in [4.69, 9.17) is 4.74 Å². The first-order valence-corrected chi connectivity index (χ1v) is 28.6. The van der Waals surface area contributed by atoms with E-state index in [0.717, 1.165) is 51.4 Å². The highest BCUT2D eigenvalue weighted by Crippen LogP contribution is 2.17. The summed E-state index contributed by atoms with van der Waals surface area (Å²) in [7, 11) is 0. The van der Waals surface area contributed by atoms with Gasteiger partial charge in [0, 0.05) is 12.8 Å². The number of ether oxygens (including phenoxy) is 1. The Morgan fingerprint density at radius 2 is 0.781 bits per heavy atom. The number of hydrogen-bond donors (Lipinski definition) is 3. The number of carbonyl (C=O) groups excluding carboxylic acids is 2. The fourth-order valence-corrected chi connectivity index (χ4v) is 8.85. The van der Waals surface area contributed by atoms with Crippen molar-refractivity contribution in [3.63, 3.8) is 0 Å². The van der Waals surface area contributed by atoms with E-state index < -0.39 is 12.1 Å². The minimum Gasteiger partial charge on any atom is -0.466 e. The van der Waals surface area contributed by atoms with Crippen molar-refractivity contribution in [1.82, 2.24) is 5.32 Å². The minimum atomic E-state index is -0.668. The minimum absolute atomic E-state index is 0.00924. The number of esters is 1. The van der Waals surface area contributed by atoms with Crippen molar-refractivity contribution >= 4 is 11.9 Å². The molecule has 0 saturated heterocycles. The molecule has 0 fully saturated rings. The van der Waals surface area contributed by atoms with Gasteiger partial charge in [-0.1, -0.05) is 263 Å². The van der Waals surface area contributed by atoms with Gasteiger partial charge in [0.1, 0.15) is 0 Å². The molecule has 0 aliphatic rings. The molecule has 378 valence electrons. The average molecular weight is 903 g/mol. The number of rotatable bonds is 53. The van der Waals surface area contributed by atoms with Crippen LogP contribution in [0.4, 0.5) is 0 Å². The quantitative estimate of drug-likeness (QED) is 0.0321. The Morgan fingerprint density at radius 1 is 0.438 bits per heavy atom. The third-order valence-electron chi connectivity index (χ3n) is 13.3. The molecular formula is C58H111NO5. The molecule has 0 aromatic carbocycles. The van der Waals surface area contributed by atoms with Crippen molar-refractivity contribution < 1.29 is 24.5 Å². The molecule has 6 nitrogen and oxygen atoms in total. The smallest absolute Gasteiger partial charge is 0.305 e. The summed E-state index contributed by atoms with van der Waals surface area (Å²) in [6, 6.07) is -0.547. The molecule has 2 atom stereocenters. The summed E-state index contributed by atoms with van der Waals surface area (Å²) in [5.41, 5.74) is 0. The van der Waals surface area contributed by atoms with E-state index >= 15 is 0 Å². The molecular weight excluding hydrogens is 791 g/mol. The molecule has 6 heteroatoms. The van der Waals surface area contributed by atoms with Crippen LogP contribution in [0.1, 0.15) is 309 Å². The molecule has 0 aromatic rings. The molecule has 1 amide bonds. The lowest BCUT2D eigenvalue weighted by atomic mass is 10.0. The first kappa shape index (κ1) is 62.3. The normalized spacial score (nSPS) is 12.8.